The molecule has 0 saturated carbocycles. The molecule has 31 heavy (non-hydrogen) atoms. The Balaban J connectivity index is 1.37. The summed E-state index contributed by atoms with van der Waals surface area (Å²) in [6.07, 6.45) is 3.01. The van der Waals surface area contributed by atoms with Crippen LogP contribution >= 0.6 is 11.8 Å². The van der Waals surface area contributed by atoms with Gasteiger partial charge in [-0.3, -0.25) is 0 Å². The monoisotopic (exact) mass is 433 g/mol. The first-order valence-corrected chi connectivity index (χ1v) is 11.6. The lowest BCUT2D eigenvalue weighted by atomic mass is 9.90. The van der Waals surface area contributed by atoms with E-state index in [-0.39, 0.29) is 6.10 Å². The van der Waals surface area contributed by atoms with Crippen LogP contribution in [0.2, 0.25) is 0 Å². The van der Waals surface area contributed by atoms with Gasteiger partial charge in [-0.15, -0.1) is 0 Å². The minimum absolute atomic E-state index is 0.0204. The van der Waals surface area contributed by atoms with Gasteiger partial charge in [0.05, 0.1) is 25.5 Å². The molecule has 2 aromatic carbocycles. The van der Waals surface area contributed by atoms with Crippen LogP contribution in [0.1, 0.15) is 18.1 Å². The predicted octanol–water partition coefficient (Wildman–Crippen LogP) is 5.27. The molecule has 0 N–H and O–H groups in total. The largest absolute Gasteiger partial charge is 0.476 e. The van der Waals surface area contributed by atoms with E-state index >= 15 is 0 Å². The molecule has 0 radical (unpaired) electrons. The smallest absolute Gasteiger partial charge is 0.194 e. The Bertz CT molecular complexity index is 1040. The van der Waals surface area contributed by atoms with E-state index in [9.17, 15) is 0 Å². The number of hydrogen-bond donors (Lipinski definition) is 0. The number of ether oxygens (including phenoxy) is 3. The van der Waals surface area contributed by atoms with E-state index in [2.05, 4.69) is 66.9 Å². The third-order valence-corrected chi connectivity index (χ3v) is 6.89. The van der Waals surface area contributed by atoms with Crippen molar-refractivity contribution in [3.05, 3.63) is 89.3 Å². The SMILES string of the molecule is C=C1C=C(OCC2COCCO2)N2CCc3cc(Sc4ccccc4)ccc3C2=C1C. The highest BCUT2D eigenvalue weighted by Gasteiger charge is 2.30. The first kappa shape index (κ1) is 20.4. The summed E-state index contributed by atoms with van der Waals surface area (Å²) in [4.78, 5) is 4.82. The molecule has 5 rings (SSSR count). The zero-order chi connectivity index (χ0) is 21.2. The summed E-state index contributed by atoms with van der Waals surface area (Å²) in [5.74, 6) is 0.855. The summed E-state index contributed by atoms with van der Waals surface area (Å²) in [5.41, 5.74) is 6.06. The van der Waals surface area contributed by atoms with Gasteiger partial charge in [-0.2, -0.15) is 0 Å². The minimum Gasteiger partial charge on any atom is -0.476 e. The molecule has 0 amide bonds. The van der Waals surface area contributed by atoms with E-state index in [4.69, 9.17) is 14.2 Å². The maximum atomic E-state index is 6.21. The second kappa shape index (κ2) is 8.95. The fraction of sp³-hybridized carbons (Fsp3) is 0.308. The number of rotatable bonds is 5. The molecular formula is C26H27NO3S. The van der Waals surface area contributed by atoms with Crippen LogP contribution < -0.4 is 0 Å². The van der Waals surface area contributed by atoms with Gasteiger partial charge < -0.3 is 19.1 Å². The fourth-order valence-corrected chi connectivity index (χ4v) is 5.13. The quantitative estimate of drug-likeness (QED) is 0.641. The van der Waals surface area contributed by atoms with E-state index in [1.807, 2.05) is 6.08 Å². The molecule has 3 aliphatic heterocycles. The third-order valence-electron chi connectivity index (χ3n) is 5.89. The van der Waals surface area contributed by atoms with Crippen molar-refractivity contribution in [1.82, 2.24) is 4.90 Å². The van der Waals surface area contributed by atoms with Crippen molar-refractivity contribution < 1.29 is 14.2 Å². The van der Waals surface area contributed by atoms with Crippen LogP contribution in [-0.4, -0.2) is 44.0 Å². The van der Waals surface area contributed by atoms with Gasteiger partial charge in [0.25, 0.3) is 0 Å². The van der Waals surface area contributed by atoms with Gasteiger partial charge in [0, 0.05) is 28.0 Å². The van der Waals surface area contributed by atoms with Gasteiger partial charge >= 0.3 is 0 Å². The fourth-order valence-electron chi connectivity index (χ4n) is 4.23. The van der Waals surface area contributed by atoms with Gasteiger partial charge in [-0.1, -0.05) is 42.6 Å². The van der Waals surface area contributed by atoms with Gasteiger partial charge in [0.2, 0.25) is 0 Å². The average molecular weight is 434 g/mol. The lowest BCUT2D eigenvalue weighted by Gasteiger charge is -2.39. The van der Waals surface area contributed by atoms with Gasteiger partial charge in [0.15, 0.2) is 5.88 Å². The number of hydrogen-bond acceptors (Lipinski definition) is 5. The summed E-state index contributed by atoms with van der Waals surface area (Å²) in [6, 6.07) is 17.3. The maximum absolute atomic E-state index is 6.21. The molecule has 2 aromatic rings. The van der Waals surface area contributed by atoms with Crippen LogP contribution in [0.25, 0.3) is 5.70 Å². The Morgan fingerprint density at radius 3 is 2.81 bits per heavy atom. The summed E-state index contributed by atoms with van der Waals surface area (Å²) in [5, 5.41) is 0. The van der Waals surface area contributed by atoms with Gasteiger partial charge in [0.1, 0.15) is 12.7 Å². The molecule has 1 atom stereocenters. The zero-order valence-corrected chi connectivity index (χ0v) is 18.6. The number of fused-ring (bicyclic) bond motifs is 3. The normalized spacial score (nSPS) is 20.8. The molecule has 1 saturated heterocycles. The lowest BCUT2D eigenvalue weighted by molar-refractivity contribution is -0.111. The zero-order valence-electron chi connectivity index (χ0n) is 17.8. The lowest BCUT2D eigenvalue weighted by Crippen LogP contribution is -2.36. The highest BCUT2D eigenvalue weighted by Crippen LogP contribution is 2.41. The summed E-state index contributed by atoms with van der Waals surface area (Å²) in [6.45, 7) is 9.68. The maximum Gasteiger partial charge on any atom is 0.194 e. The third kappa shape index (κ3) is 4.31. The first-order chi connectivity index (χ1) is 15.2. The van der Waals surface area contributed by atoms with E-state index in [0.29, 0.717) is 26.4 Å². The Morgan fingerprint density at radius 1 is 1.13 bits per heavy atom. The molecule has 5 heteroatoms. The average Bonchev–Trinajstić information content (AvgIpc) is 2.81. The van der Waals surface area contributed by atoms with Crippen molar-refractivity contribution in [3.63, 3.8) is 0 Å². The van der Waals surface area contributed by atoms with E-state index in [1.165, 1.54) is 32.2 Å². The minimum atomic E-state index is -0.0204. The molecule has 0 spiro atoms. The molecular weight excluding hydrogens is 406 g/mol. The summed E-state index contributed by atoms with van der Waals surface area (Å²) >= 11 is 1.81. The molecule has 0 aromatic heterocycles. The Hall–Kier alpha value is -2.47. The van der Waals surface area contributed by atoms with E-state index < -0.39 is 0 Å². The van der Waals surface area contributed by atoms with Gasteiger partial charge in [-0.05, 0) is 54.3 Å². The first-order valence-electron chi connectivity index (χ1n) is 10.8. The number of allylic oxidation sites excluding steroid dienone is 3. The summed E-state index contributed by atoms with van der Waals surface area (Å²) in [7, 11) is 0. The standard InChI is InChI=1S/C26H27NO3S/c1-18-14-25(30-17-21-16-28-12-13-29-21)27-11-10-20-15-23(31-22-6-4-3-5-7-22)8-9-24(20)26(27)19(18)2/h3-9,14-15,21H,1,10-13,16-17H2,2H3. The molecule has 0 aliphatic carbocycles. The molecule has 1 unspecified atom stereocenters. The highest BCUT2D eigenvalue weighted by atomic mass is 32.2. The Kier molecular flexibility index (Phi) is 5.90. The van der Waals surface area contributed by atoms with Crippen molar-refractivity contribution >= 4 is 17.5 Å². The highest BCUT2D eigenvalue weighted by molar-refractivity contribution is 7.99. The second-order valence-electron chi connectivity index (χ2n) is 8.00. The van der Waals surface area contributed by atoms with Crippen LogP contribution in [0.5, 0.6) is 0 Å². The van der Waals surface area contributed by atoms with Crippen molar-refractivity contribution in [2.45, 2.75) is 29.2 Å². The Morgan fingerprint density at radius 2 is 2.00 bits per heavy atom. The Labute approximate surface area is 188 Å². The van der Waals surface area contributed by atoms with Crippen LogP contribution in [0.15, 0.2) is 88.0 Å². The topological polar surface area (TPSA) is 30.9 Å². The molecule has 3 heterocycles. The summed E-state index contributed by atoms with van der Waals surface area (Å²) < 4.78 is 17.5. The number of benzene rings is 2. The van der Waals surface area contributed by atoms with Crippen molar-refractivity contribution in [2.75, 3.05) is 33.0 Å². The molecule has 1 fully saturated rings. The van der Waals surface area contributed by atoms with E-state index in [1.54, 1.807) is 11.8 Å². The van der Waals surface area contributed by atoms with E-state index in [0.717, 1.165) is 24.4 Å². The van der Waals surface area contributed by atoms with Crippen LogP contribution in [0.4, 0.5) is 0 Å². The van der Waals surface area contributed by atoms with Crippen molar-refractivity contribution in [2.24, 2.45) is 0 Å². The van der Waals surface area contributed by atoms with Crippen LogP contribution in [0, 0.1) is 0 Å². The molecule has 3 aliphatic rings. The van der Waals surface area contributed by atoms with Crippen molar-refractivity contribution in [1.29, 1.82) is 0 Å². The van der Waals surface area contributed by atoms with Crippen LogP contribution in [0.3, 0.4) is 0 Å². The van der Waals surface area contributed by atoms with Crippen molar-refractivity contribution in [3.8, 4) is 0 Å². The number of nitrogens with zero attached hydrogens (tertiary/aromatic N) is 1. The molecule has 160 valence electrons. The van der Waals surface area contributed by atoms with Gasteiger partial charge in [-0.25, -0.2) is 0 Å². The second-order valence-corrected chi connectivity index (χ2v) is 9.14. The molecule has 4 nitrogen and oxygen atoms in total. The van der Waals surface area contributed by atoms with Crippen LogP contribution in [-0.2, 0) is 20.6 Å². The predicted molar refractivity (Wildman–Crippen MR) is 124 cm³/mol. The molecule has 0 bridgehead atoms.